The topological polar surface area (TPSA) is 63.7 Å². The average molecular weight is 335 g/mol. The summed E-state index contributed by atoms with van der Waals surface area (Å²) in [6, 6.07) is 15.2. The molecule has 4 rings (SSSR count). The van der Waals surface area contributed by atoms with Gasteiger partial charge in [0.25, 0.3) is 11.8 Å². The Morgan fingerprint density at radius 1 is 0.840 bits per heavy atom. The van der Waals surface area contributed by atoms with Gasteiger partial charge in [-0.25, -0.2) is 9.18 Å². The van der Waals surface area contributed by atoms with Crippen LogP contribution < -0.4 is 0 Å². The average Bonchev–Trinajstić information content (AvgIpc) is 2.63. The molecule has 1 heterocycles. The third-order valence-corrected chi connectivity index (χ3v) is 4.00. The maximum atomic E-state index is 13.7. The van der Waals surface area contributed by atoms with Crippen molar-refractivity contribution < 1.29 is 23.6 Å². The molecule has 0 aliphatic carbocycles. The summed E-state index contributed by atoms with van der Waals surface area (Å²) in [4.78, 5) is 42.3. The van der Waals surface area contributed by atoms with E-state index in [4.69, 9.17) is 4.84 Å². The Morgan fingerprint density at radius 3 is 2.04 bits per heavy atom. The smallest absolute Gasteiger partial charge is 0.324 e. The van der Waals surface area contributed by atoms with Crippen LogP contribution in [-0.4, -0.2) is 22.8 Å². The molecule has 0 bridgehead atoms. The molecule has 2 amide bonds. The SMILES string of the molecule is O=C(ON1C(=O)c2cccc3cccc(c23)C1=O)c1ccccc1F. The van der Waals surface area contributed by atoms with E-state index in [1.54, 1.807) is 36.4 Å². The van der Waals surface area contributed by atoms with Gasteiger partial charge >= 0.3 is 5.97 Å². The molecule has 3 aromatic rings. The van der Waals surface area contributed by atoms with Gasteiger partial charge in [-0.1, -0.05) is 41.5 Å². The highest BCUT2D eigenvalue weighted by molar-refractivity contribution is 6.25. The van der Waals surface area contributed by atoms with Gasteiger partial charge in [-0.15, -0.1) is 0 Å². The number of hydroxylamine groups is 2. The number of imide groups is 1. The normalized spacial score (nSPS) is 13.2. The molecule has 25 heavy (non-hydrogen) atoms. The van der Waals surface area contributed by atoms with Gasteiger partial charge in [0.1, 0.15) is 5.82 Å². The van der Waals surface area contributed by atoms with Crippen LogP contribution in [0.5, 0.6) is 0 Å². The van der Waals surface area contributed by atoms with E-state index >= 15 is 0 Å². The van der Waals surface area contributed by atoms with E-state index in [-0.39, 0.29) is 16.7 Å². The van der Waals surface area contributed by atoms with Crippen LogP contribution in [-0.2, 0) is 4.84 Å². The van der Waals surface area contributed by atoms with Crippen molar-refractivity contribution in [3.63, 3.8) is 0 Å². The molecule has 0 aromatic heterocycles. The maximum absolute atomic E-state index is 13.7. The summed E-state index contributed by atoms with van der Waals surface area (Å²) in [6.45, 7) is 0. The van der Waals surface area contributed by atoms with Crippen molar-refractivity contribution in [1.29, 1.82) is 0 Å². The zero-order chi connectivity index (χ0) is 17.6. The highest BCUT2D eigenvalue weighted by Gasteiger charge is 2.36. The van der Waals surface area contributed by atoms with Gasteiger partial charge in [0, 0.05) is 5.39 Å². The Morgan fingerprint density at radius 2 is 1.44 bits per heavy atom. The Kier molecular flexibility index (Phi) is 3.32. The van der Waals surface area contributed by atoms with Gasteiger partial charge < -0.3 is 4.84 Å². The van der Waals surface area contributed by atoms with Crippen LogP contribution in [0.4, 0.5) is 4.39 Å². The first-order valence-corrected chi connectivity index (χ1v) is 7.45. The fourth-order valence-corrected chi connectivity index (χ4v) is 2.85. The number of halogens is 1. The van der Waals surface area contributed by atoms with E-state index in [2.05, 4.69) is 0 Å². The number of carbonyl (C=O) groups is 3. The van der Waals surface area contributed by atoms with E-state index in [0.29, 0.717) is 10.4 Å². The molecule has 0 saturated heterocycles. The highest BCUT2D eigenvalue weighted by Crippen LogP contribution is 2.30. The first-order chi connectivity index (χ1) is 12.1. The molecular weight excluding hydrogens is 325 g/mol. The Balaban J connectivity index is 1.76. The number of carbonyl (C=O) groups excluding carboxylic acids is 3. The van der Waals surface area contributed by atoms with Crippen molar-refractivity contribution >= 4 is 28.6 Å². The zero-order valence-corrected chi connectivity index (χ0v) is 12.7. The van der Waals surface area contributed by atoms with Gasteiger partial charge in [0.05, 0.1) is 16.7 Å². The Hall–Kier alpha value is -3.54. The van der Waals surface area contributed by atoms with Crippen LogP contribution in [0, 0.1) is 5.82 Å². The van der Waals surface area contributed by atoms with E-state index < -0.39 is 23.6 Å². The summed E-state index contributed by atoms with van der Waals surface area (Å²) in [5.74, 6) is -3.45. The molecule has 0 N–H and O–H groups in total. The second kappa shape index (κ2) is 5.52. The first kappa shape index (κ1) is 15.0. The minimum atomic E-state index is -1.12. The van der Waals surface area contributed by atoms with Gasteiger partial charge in [0.2, 0.25) is 0 Å². The molecule has 0 unspecified atom stereocenters. The van der Waals surface area contributed by atoms with Crippen molar-refractivity contribution in [3.05, 3.63) is 83.2 Å². The van der Waals surface area contributed by atoms with E-state index in [0.717, 1.165) is 11.5 Å². The molecule has 0 atom stereocenters. The summed E-state index contributed by atoms with van der Waals surface area (Å²) >= 11 is 0. The Bertz CT molecular complexity index is 1010. The van der Waals surface area contributed by atoms with Crippen LogP contribution in [0.1, 0.15) is 31.1 Å². The monoisotopic (exact) mass is 335 g/mol. The van der Waals surface area contributed by atoms with Crippen LogP contribution in [0.2, 0.25) is 0 Å². The number of rotatable bonds is 2. The van der Waals surface area contributed by atoms with Gasteiger partial charge in [-0.3, -0.25) is 9.59 Å². The molecular formula is C19H10FNO4. The van der Waals surface area contributed by atoms with Crippen molar-refractivity contribution in [2.45, 2.75) is 0 Å². The zero-order valence-electron chi connectivity index (χ0n) is 12.7. The van der Waals surface area contributed by atoms with Crippen molar-refractivity contribution in [3.8, 4) is 0 Å². The fourth-order valence-electron chi connectivity index (χ4n) is 2.85. The standard InChI is InChI=1S/C19H10FNO4/c20-15-10-2-1-7-12(15)19(24)25-21-17(22)13-8-3-5-11-6-4-9-14(16(11)13)18(21)23/h1-10H. The summed E-state index contributed by atoms with van der Waals surface area (Å²) in [5, 5.41) is 1.63. The van der Waals surface area contributed by atoms with Gasteiger partial charge in [-0.05, 0) is 29.7 Å². The van der Waals surface area contributed by atoms with E-state index in [1.807, 2.05) is 0 Å². The maximum Gasteiger partial charge on any atom is 0.366 e. The summed E-state index contributed by atoms with van der Waals surface area (Å²) in [5.41, 5.74) is 0.128. The lowest BCUT2D eigenvalue weighted by Gasteiger charge is -2.25. The molecule has 3 aromatic carbocycles. The molecule has 0 fully saturated rings. The molecule has 0 radical (unpaired) electrons. The number of hydrogen-bond acceptors (Lipinski definition) is 4. The largest absolute Gasteiger partial charge is 0.366 e. The summed E-state index contributed by atoms with van der Waals surface area (Å²) in [7, 11) is 0. The van der Waals surface area contributed by atoms with Crippen LogP contribution >= 0.6 is 0 Å². The lowest BCUT2D eigenvalue weighted by atomic mass is 9.95. The van der Waals surface area contributed by atoms with Crippen molar-refractivity contribution in [2.75, 3.05) is 0 Å². The van der Waals surface area contributed by atoms with Crippen LogP contribution in [0.25, 0.3) is 10.8 Å². The summed E-state index contributed by atoms with van der Waals surface area (Å²) < 4.78 is 13.7. The van der Waals surface area contributed by atoms with Gasteiger partial charge in [-0.2, -0.15) is 0 Å². The molecule has 0 saturated carbocycles. The van der Waals surface area contributed by atoms with Crippen molar-refractivity contribution in [1.82, 2.24) is 5.06 Å². The molecule has 1 aliphatic heterocycles. The molecule has 1 aliphatic rings. The fraction of sp³-hybridized carbons (Fsp3) is 0. The minimum absolute atomic E-state index is 0.244. The number of hydrogen-bond donors (Lipinski definition) is 0. The molecule has 5 nitrogen and oxygen atoms in total. The number of amides is 2. The van der Waals surface area contributed by atoms with E-state index in [1.165, 1.54) is 18.2 Å². The van der Waals surface area contributed by atoms with Crippen molar-refractivity contribution in [2.24, 2.45) is 0 Å². The quantitative estimate of drug-likeness (QED) is 0.674. The Labute approximate surface area is 141 Å². The van der Waals surface area contributed by atoms with Crippen LogP contribution in [0.15, 0.2) is 60.7 Å². The lowest BCUT2D eigenvalue weighted by Crippen LogP contribution is -2.41. The minimum Gasteiger partial charge on any atom is -0.324 e. The molecule has 6 heteroatoms. The predicted octanol–water partition coefficient (Wildman–Crippen LogP) is 3.35. The lowest BCUT2D eigenvalue weighted by molar-refractivity contribution is -0.0623. The number of benzene rings is 3. The van der Waals surface area contributed by atoms with E-state index in [9.17, 15) is 18.8 Å². The third-order valence-electron chi connectivity index (χ3n) is 4.00. The molecule has 0 spiro atoms. The van der Waals surface area contributed by atoms with Crippen LogP contribution in [0.3, 0.4) is 0 Å². The third kappa shape index (κ3) is 2.27. The summed E-state index contributed by atoms with van der Waals surface area (Å²) in [6.07, 6.45) is 0. The van der Waals surface area contributed by atoms with Gasteiger partial charge in [0.15, 0.2) is 0 Å². The highest BCUT2D eigenvalue weighted by atomic mass is 19.1. The molecule has 122 valence electrons. The second-order valence-electron chi connectivity index (χ2n) is 5.47. The first-order valence-electron chi connectivity index (χ1n) is 7.45. The number of nitrogens with zero attached hydrogens (tertiary/aromatic N) is 1. The second-order valence-corrected chi connectivity index (χ2v) is 5.47. The predicted molar refractivity (Wildman–Crippen MR) is 86.3 cm³/mol.